The molecular weight excluding hydrogens is 430 g/mol. The van der Waals surface area contributed by atoms with E-state index < -0.39 is 6.10 Å². The highest BCUT2D eigenvalue weighted by atomic mass is 79.9. The van der Waals surface area contributed by atoms with Gasteiger partial charge in [-0.2, -0.15) is 0 Å². The van der Waals surface area contributed by atoms with Crippen LogP contribution >= 0.6 is 27.5 Å². The number of halogens is 2. The summed E-state index contributed by atoms with van der Waals surface area (Å²) in [6, 6.07) is 13.5. The first-order valence-electron chi connectivity index (χ1n) is 9.28. The molecule has 1 spiro atoms. The maximum Gasteiger partial charge on any atom is 0.123 e. The van der Waals surface area contributed by atoms with Crippen LogP contribution in [0.4, 0.5) is 0 Å². The van der Waals surface area contributed by atoms with Crippen molar-refractivity contribution in [3.8, 4) is 11.5 Å². The number of hydrogen-bond donors (Lipinski definition) is 1. The van der Waals surface area contributed by atoms with Gasteiger partial charge in [-0.25, -0.2) is 0 Å². The number of rotatable bonds is 5. The molecule has 1 saturated heterocycles. The lowest BCUT2D eigenvalue weighted by Crippen LogP contribution is -2.49. The molecule has 0 saturated carbocycles. The molecule has 0 unspecified atom stereocenters. The fourth-order valence-electron chi connectivity index (χ4n) is 3.90. The fraction of sp³-hybridized carbons (Fsp3) is 0.429. The lowest BCUT2D eigenvalue weighted by Gasteiger charge is -2.39. The van der Waals surface area contributed by atoms with Crippen LogP contribution in [0.1, 0.15) is 18.4 Å². The summed E-state index contributed by atoms with van der Waals surface area (Å²) in [6.07, 6.45) is 2.33. The fourth-order valence-corrected chi connectivity index (χ4v) is 4.36. The van der Waals surface area contributed by atoms with E-state index in [9.17, 15) is 5.11 Å². The second-order valence-corrected chi connectivity index (χ2v) is 8.79. The Morgan fingerprint density at radius 2 is 1.93 bits per heavy atom. The smallest absolute Gasteiger partial charge is 0.123 e. The SMILES string of the molecule is O[C@@H](COc1ccc(Br)cc1)CN1CCC2(CC1)Cc1cc(Cl)ccc1O2. The van der Waals surface area contributed by atoms with Crippen molar-refractivity contribution in [3.63, 3.8) is 0 Å². The van der Waals surface area contributed by atoms with Crippen molar-refractivity contribution in [2.45, 2.75) is 31.0 Å². The third-order valence-electron chi connectivity index (χ3n) is 5.35. The first-order valence-corrected chi connectivity index (χ1v) is 10.4. The Labute approximate surface area is 173 Å². The van der Waals surface area contributed by atoms with E-state index in [1.165, 1.54) is 5.56 Å². The van der Waals surface area contributed by atoms with Gasteiger partial charge in [-0.3, -0.25) is 0 Å². The molecule has 2 aliphatic rings. The van der Waals surface area contributed by atoms with E-state index in [1.807, 2.05) is 42.5 Å². The summed E-state index contributed by atoms with van der Waals surface area (Å²) in [5, 5.41) is 11.1. The van der Waals surface area contributed by atoms with Gasteiger partial charge in [0.05, 0.1) is 0 Å². The van der Waals surface area contributed by atoms with Crippen LogP contribution in [0.5, 0.6) is 11.5 Å². The first-order chi connectivity index (χ1) is 13.0. The van der Waals surface area contributed by atoms with Crippen molar-refractivity contribution in [1.29, 1.82) is 0 Å². The first kappa shape index (κ1) is 19.1. The quantitative estimate of drug-likeness (QED) is 0.734. The van der Waals surface area contributed by atoms with Crippen LogP contribution < -0.4 is 9.47 Å². The minimum Gasteiger partial charge on any atom is -0.491 e. The molecule has 4 rings (SSSR count). The van der Waals surface area contributed by atoms with Crippen LogP contribution in [0.3, 0.4) is 0 Å². The minimum absolute atomic E-state index is 0.109. The third kappa shape index (κ3) is 4.60. The van der Waals surface area contributed by atoms with E-state index >= 15 is 0 Å². The Balaban J connectivity index is 1.24. The number of likely N-dealkylation sites (tertiary alicyclic amines) is 1. The number of β-amino-alcohol motifs (C(OH)–C–C–N with tert-alkyl or cyclic N) is 1. The van der Waals surface area contributed by atoms with Crippen molar-refractivity contribution < 1.29 is 14.6 Å². The van der Waals surface area contributed by atoms with E-state index in [0.717, 1.165) is 53.3 Å². The van der Waals surface area contributed by atoms with Gasteiger partial charge >= 0.3 is 0 Å². The second kappa shape index (κ2) is 8.00. The highest BCUT2D eigenvalue weighted by Gasteiger charge is 2.42. The van der Waals surface area contributed by atoms with Crippen molar-refractivity contribution in [2.75, 3.05) is 26.2 Å². The number of aliphatic hydroxyl groups excluding tert-OH is 1. The summed E-state index contributed by atoms with van der Waals surface area (Å²) in [4.78, 5) is 2.29. The third-order valence-corrected chi connectivity index (χ3v) is 6.12. The van der Waals surface area contributed by atoms with Gasteiger partial charge in [-0.1, -0.05) is 27.5 Å². The Morgan fingerprint density at radius 3 is 2.67 bits per heavy atom. The number of aliphatic hydroxyl groups is 1. The molecule has 2 aromatic rings. The lowest BCUT2D eigenvalue weighted by atomic mass is 9.87. The highest BCUT2D eigenvalue weighted by Crippen LogP contribution is 2.41. The second-order valence-electron chi connectivity index (χ2n) is 7.43. The molecule has 2 aliphatic heterocycles. The Hall–Kier alpha value is -1.27. The average molecular weight is 453 g/mol. The predicted octanol–water partition coefficient (Wildman–Crippen LogP) is 4.31. The topological polar surface area (TPSA) is 41.9 Å². The molecule has 27 heavy (non-hydrogen) atoms. The summed E-state index contributed by atoms with van der Waals surface area (Å²) in [5.74, 6) is 1.74. The number of nitrogens with zero attached hydrogens (tertiary/aromatic N) is 1. The highest BCUT2D eigenvalue weighted by molar-refractivity contribution is 9.10. The van der Waals surface area contributed by atoms with Gasteiger partial charge in [-0.15, -0.1) is 0 Å². The zero-order valence-electron chi connectivity index (χ0n) is 15.0. The molecular formula is C21H23BrClNO3. The van der Waals surface area contributed by atoms with Gasteiger partial charge in [0.25, 0.3) is 0 Å². The number of hydrogen-bond acceptors (Lipinski definition) is 4. The molecule has 0 bridgehead atoms. The molecule has 0 amide bonds. The van der Waals surface area contributed by atoms with Crippen molar-refractivity contribution in [2.24, 2.45) is 0 Å². The van der Waals surface area contributed by atoms with E-state index in [4.69, 9.17) is 21.1 Å². The molecule has 0 radical (unpaired) electrons. The van der Waals surface area contributed by atoms with E-state index in [0.29, 0.717) is 13.2 Å². The average Bonchev–Trinajstić information content (AvgIpc) is 3.00. The zero-order valence-corrected chi connectivity index (χ0v) is 17.4. The molecule has 1 fully saturated rings. The van der Waals surface area contributed by atoms with Gasteiger partial charge in [0.2, 0.25) is 0 Å². The Bertz CT molecular complexity index is 791. The van der Waals surface area contributed by atoms with Crippen LogP contribution in [0, 0.1) is 0 Å². The number of benzene rings is 2. The van der Waals surface area contributed by atoms with Crippen molar-refractivity contribution >= 4 is 27.5 Å². The summed E-state index contributed by atoms with van der Waals surface area (Å²) >= 11 is 9.51. The molecule has 144 valence electrons. The summed E-state index contributed by atoms with van der Waals surface area (Å²) in [5.41, 5.74) is 1.10. The summed E-state index contributed by atoms with van der Waals surface area (Å²) in [7, 11) is 0. The lowest BCUT2D eigenvalue weighted by molar-refractivity contribution is -0.00195. The zero-order chi connectivity index (χ0) is 18.9. The number of fused-ring (bicyclic) bond motifs is 1. The van der Waals surface area contributed by atoms with E-state index in [1.54, 1.807) is 0 Å². The van der Waals surface area contributed by atoms with Crippen molar-refractivity contribution in [1.82, 2.24) is 4.90 Å². The standard InChI is InChI=1S/C21H23BrClNO3/c22-16-1-4-19(5-2-16)26-14-18(25)13-24-9-7-21(8-10-24)12-15-11-17(23)3-6-20(15)27-21/h1-6,11,18,25H,7-10,12-14H2/t18-/m1/s1. The summed E-state index contributed by atoms with van der Waals surface area (Å²) in [6.45, 7) is 2.74. The number of piperidine rings is 1. The van der Waals surface area contributed by atoms with Gasteiger partial charge in [0.15, 0.2) is 0 Å². The van der Waals surface area contributed by atoms with Crippen LogP contribution in [-0.2, 0) is 6.42 Å². The van der Waals surface area contributed by atoms with Gasteiger partial charge in [0.1, 0.15) is 29.8 Å². The number of ether oxygens (including phenoxy) is 2. The molecule has 1 atom stereocenters. The Kier molecular flexibility index (Phi) is 5.65. The van der Waals surface area contributed by atoms with Crippen LogP contribution in [-0.4, -0.2) is 48.0 Å². The van der Waals surface area contributed by atoms with Gasteiger partial charge < -0.3 is 19.5 Å². The molecule has 0 aliphatic carbocycles. The van der Waals surface area contributed by atoms with Gasteiger partial charge in [0, 0.05) is 48.4 Å². The molecule has 2 heterocycles. The maximum absolute atomic E-state index is 10.3. The van der Waals surface area contributed by atoms with Crippen molar-refractivity contribution in [3.05, 3.63) is 57.5 Å². The normalized spacial score (nSPS) is 19.5. The molecule has 2 aromatic carbocycles. The van der Waals surface area contributed by atoms with Crippen LogP contribution in [0.25, 0.3) is 0 Å². The van der Waals surface area contributed by atoms with E-state index in [2.05, 4.69) is 20.8 Å². The van der Waals surface area contributed by atoms with Gasteiger partial charge in [-0.05, 0) is 48.0 Å². The predicted molar refractivity (Wildman–Crippen MR) is 110 cm³/mol. The monoisotopic (exact) mass is 451 g/mol. The van der Waals surface area contributed by atoms with Crippen LogP contribution in [0.2, 0.25) is 5.02 Å². The van der Waals surface area contributed by atoms with E-state index in [-0.39, 0.29) is 5.60 Å². The molecule has 6 heteroatoms. The molecule has 4 nitrogen and oxygen atoms in total. The largest absolute Gasteiger partial charge is 0.491 e. The van der Waals surface area contributed by atoms with Crippen LogP contribution in [0.15, 0.2) is 46.9 Å². The molecule has 1 N–H and O–H groups in total. The molecule has 0 aromatic heterocycles. The minimum atomic E-state index is -0.511. The summed E-state index contributed by atoms with van der Waals surface area (Å²) < 4.78 is 13.0. The Morgan fingerprint density at radius 1 is 1.19 bits per heavy atom. The maximum atomic E-state index is 10.3.